The number of aromatic nitrogens is 1. The summed E-state index contributed by atoms with van der Waals surface area (Å²) in [7, 11) is 0. The Morgan fingerprint density at radius 1 is 1.18 bits per heavy atom. The van der Waals surface area contributed by atoms with Gasteiger partial charge in [0, 0.05) is 36.4 Å². The molecule has 1 aliphatic carbocycles. The Hall–Kier alpha value is -3.69. The zero-order valence-electron chi connectivity index (χ0n) is 20.0. The zero-order valence-corrected chi connectivity index (χ0v) is 20.0. The summed E-state index contributed by atoms with van der Waals surface area (Å²) in [6.07, 6.45) is 0.601. The van der Waals surface area contributed by atoms with Crippen LogP contribution in [0.5, 0.6) is 0 Å². The van der Waals surface area contributed by atoms with Crippen LogP contribution in [0.3, 0.4) is 0 Å². The van der Waals surface area contributed by atoms with Crippen molar-refractivity contribution in [2.24, 2.45) is 11.8 Å². The van der Waals surface area contributed by atoms with Crippen LogP contribution < -0.4 is 10.6 Å². The molecule has 4 fully saturated rings. The van der Waals surface area contributed by atoms with Crippen molar-refractivity contribution in [3.8, 4) is 6.07 Å². The van der Waals surface area contributed by atoms with Crippen molar-refractivity contribution >= 4 is 28.6 Å². The van der Waals surface area contributed by atoms with Gasteiger partial charge < -0.3 is 20.5 Å². The maximum absolute atomic E-state index is 14.9. The Morgan fingerprint density at radius 3 is 2.63 bits per heavy atom. The van der Waals surface area contributed by atoms with Crippen LogP contribution in [0.15, 0.2) is 12.1 Å². The van der Waals surface area contributed by atoms with Gasteiger partial charge in [-0.25, -0.2) is 22.0 Å². The molecule has 4 heterocycles. The number of carbonyl (C=O) groups is 3. The summed E-state index contributed by atoms with van der Waals surface area (Å²) < 4.78 is 72.0. The van der Waals surface area contributed by atoms with Gasteiger partial charge in [-0.3, -0.25) is 14.4 Å². The number of fused-ring (bicyclic) bond motifs is 4. The number of piperidine rings is 3. The molecule has 0 radical (unpaired) electrons. The molecule has 1 saturated carbocycles. The average Bonchev–Trinajstić information content (AvgIpc) is 3.33. The van der Waals surface area contributed by atoms with Crippen LogP contribution in [0, 0.1) is 40.6 Å². The quantitative estimate of drug-likeness (QED) is 0.401. The second-order valence-electron chi connectivity index (χ2n) is 10.1. The second-order valence-corrected chi connectivity index (χ2v) is 10.1. The number of hydrogen-bond donors (Lipinski definition) is 3. The summed E-state index contributed by atoms with van der Waals surface area (Å²) in [5.41, 5.74) is -0.998. The Kier molecular flexibility index (Phi) is 6.53. The molecule has 3 saturated heterocycles. The third-order valence-corrected chi connectivity index (χ3v) is 7.82. The highest BCUT2D eigenvalue weighted by atomic mass is 19.3. The van der Waals surface area contributed by atoms with E-state index >= 15 is 0 Å². The van der Waals surface area contributed by atoms with E-state index in [1.165, 1.54) is 0 Å². The molecule has 2 aromatic rings. The number of nitrogens with zero attached hydrogens (tertiary/aromatic N) is 2. The number of alkyl halides is 2. The lowest BCUT2D eigenvalue weighted by molar-refractivity contribution is -0.179. The van der Waals surface area contributed by atoms with E-state index in [0.29, 0.717) is 25.5 Å². The van der Waals surface area contributed by atoms with Crippen molar-refractivity contribution in [3.05, 3.63) is 35.3 Å². The lowest BCUT2D eigenvalue weighted by Gasteiger charge is -2.53. The van der Waals surface area contributed by atoms with Gasteiger partial charge in [0.2, 0.25) is 11.8 Å². The van der Waals surface area contributed by atoms with Gasteiger partial charge in [-0.15, -0.1) is 0 Å². The summed E-state index contributed by atoms with van der Waals surface area (Å²) in [6, 6.07) is -0.723. The van der Waals surface area contributed by atoms with Gasteiger partial charge >= 0.3 is 0 Å². The maximum Gasteiger partial charge on any atom is 0.271 e. The predicted octanol–water partition coefficient (Wildman–Crippen LogP) is 3.14. The molecule has 1 aromatic heterocycles. The Labute approximate surface area is 213 Å². The normalized spacial score (nSPS) is 27.1. The molecule has 5 atom stereocenters. The zero-order chi connectivity index (χ0) is 27.4. The van der Waals surface area contributed by atoms with Crippen molar-refractivity contribution < 1.29 is 36.3 Å². The third kappa shape index (κ3) is 4.35. The van der Waals surface area contributed by atoms with E-state index in [1.807, 2.05) is 6.07 Å². The van der Waals surface area contributed by atoms with Crippen LogP contribution in [0.2, 0.25) is 0 Å². The van der Waals surface area contributed by atoms with E-state index in [2.05, 4.69) is 15.6 Å². The topological polar surface area (TPSA) is 118 Å². The van der Waals surface area contributed by atoms with Gasteiger partial charge in [0.15, 0.2) is 11.6 Å². The maximum atomic E-state index is 14.9. The van der Waals surface area contributed by atoms with Gasteiger partial charge in [-0.05, 0) is 38.2 Å². The van der Waals surface area contributed by atoms with Crippen LogP contribution in [0.4, 0.5) is 22.0 Å². The van der Waals surface area contributed by atoms with Gasteiger partial charge in [0.05, 0.1) is 17.5 Å². The number of nitriles is 1. The molecule has 38 heavy (non-hydrogen) atoms. The fraction of sp³-hybridized carbons (Fsp3) is 0.520. The second kappa shape index (κ2) is 9.56. The Bertz CT molecular complexity index is 1360. The molecule has 2 bridgehead atoms. The molecule has 202 valence electrons. The van der Waals surface area contributed by atoms with Gasteiger partial charge in [-0.1, -0.05) is 0 Å². The fourth-order valence-corrected chi connectivity index (χ4v) is 5.99. The number of rotatable bonds is 5. The molecular formula is C25H24F5N5O3. The van der Waals surface area contributed by atoms with Gasteiger partial charge in [-0.2, -0.15) is 5.26 Å². The molecule has 0 spiro atoms. The van der Waals surface area contributed by atoms with E-state index in [-0.39, 0.29) is 25.2 Å². The van der Waals surface area contributed by atoms with E-state index < -0.39 is 88.2 Å². The third-order valence-electron chi connectivity index (χ3n) is 7.82. The fourth-order valence-electron chi connectivity index (χ4n) is 5.99. The smallest absolute Gasteiger partial charge is 0.271 e. The molecule has 1 aromatic carbocycles. The monoisotopic (exact) mass is 537 g/mol. The summed E-state index contributed by atoms with van der Waals surface area (Å²) >= 11 is 0. The minimum Gasteiger partial charge on any atom is -0.356 e. The standard InChI is InChI=1S/C25H24F5N5O3/c26-16-8-17(27)19(28)20-14(16)7-18(34-20)24(38)35-13-3-4-15(25(29,30)9-13)21(35)23(37)33-12(10-31)6-11-2-1-5-32-22(11)36/h7-8,11-13,15,21,34H,1-6,9H2,(H,32,36)(H,33,37)/t11-,12-,13-,15-,21-/m0/s1. The largest absolute Gasteiger partial charge is 0.356 e. The van der Waals surface area contributed by atoms with E-state index in [4.69, 9.17) is 0 Å². The van der Waals surface area contributed by atoms with Gasteiger partial charge in [0.1, 0.15) is 23.6 Å². The molecule has 13 heteroatoms. The number of benzene rings is 1. The summed E-state index contributed by atoms with van der Waals surface area (Å²) in [5.74, 6) is -11.6. The lowest BCUT2D eigenvalue weighted by Crippen LogP contribution is -2.68. The van der Waals surface area contributed by atoms with Crippen LogP contribution in [-0.2, 0) is 9.59 Å². The molecule has 0 unspecified atom stereocenters. The molecular weight excluding hydrogens is 513 g/mol. The Morgan fingerprint density at radius 2 is 1.95 bits per heavy atom. The number of carbonyl (C=O) groups excluding carboxylic acids is 3. The minimum absolute atomic E-state index is 0.0225. The first-order valence-corrected chi connectivity index (χ1v) is 12.4. The molecule has 3 aliphatic heterocycles. The highest BCUT2D eigenvalue weighted by molar-refractivity contribution is 6.01. The number of hydrogen-bond acceptors (Lipinski definition) is 4. The van der Waals surface area contributed by atoms with Gasteiger partial charge in [0.25, 0.3) is 11.8 Å². The van der Waals surface area contributed by atoms with Crippen molar-refractivity contribution in [2.45, 2.75) is 62.6 Å². The minimum atomic E-state index is -3.27. The first-order chi connectivity index (χ1) is 18.0. The average molecular weight is 537 g/mol. The number of amides is 3. The van der Waals surface area contributed by atoms with Crippen molar-refractivity contribution in [2.75, 3.05) is 6.54 Å². The highest BCUT2D eigenvalue weighted by Gasteiger charge is 2.60. The molecule has 8 nitrogen and oxygen atoms in total. The first kappa shape index (κ1) is 25.9. The predicted molar refractivity (Wildman–Crippen MR) is 122 cm³/mol. The molecule has 6 rings (SSSR count). The number of H-pyrrole nitrogens is 1. The SMILES string of the molecule is N#C[C@H](C[C@@H]1CCCNC1=O)NC(=O)[C@@H]1[C@@H]2CC[C@@H](CC2(F)F)N1C(=O)c1cc2c(F)cc(F)c(F)c2[nH]1. The lowest BCUT2D eigenvalue weighted by atomic mass is 9.71. The summed E-state index contributed by atoms with van der Waals surface area (Å²) in [6.45, 7) is 0.504. The molecule has 4 aliphatic rings. The highest BCUT2D eigenvalue weighted by Crippen LogP contribution is 2.49. The first-order valence-electron chi connectivity index (χ1n) is 12.4. The van der Waals surface area contributed by atoms with Crippen LogP contribution in [0.1, 0.15) is 49.0 Å². The Balaban J connectivity index is 1.44. The number of aromatic amines is 1. The van der Waals surface area contributed by atoms with Crippen molar-refractivity contribution in [1.82, 2.24) is 20.5 Å². The molecule has 3 amide bonds. The van der Waals surface area contributed by atoms with E-state index in [0.717, 1.165) is 11.0 Å². The van der Waals surface area contributed by atoms with E-state index in [9.17, 15) is 41.6 Å². The summed E-state index contributed by atoms with van der Waals surface area (Å²) in [4.78, 5) is 42.3. The molecule has 3 N–H and O–H groups in total. The van der Waals surface area contributed by atoms with Crippen molar-refractivity contribution in [1.29, 1.82) is 5.26 Å². The number of halogens is 5. The van der Waals surface area contributed by atoms with E-state index in [1.54, 1.807) is 0 Å². The summed E-state index contributed by atoms with van der Waals surface area (Å²) in [5, 5.41) is 14.3. The van der Waals surface area contributed by atoms with Crippen molar-refractivity contribution in [3.63, 3.8) is 0 Å². The van der Waals surface area contributed by atoms with Crippen LogP contribution in [-0.4, -0.2) is 58.2 Å². The van der Waals surface area contributed by atoms with Crippen LogP contribution >= 0.6 is 0 Å². The van der Waals surface area contributed by atoms with Crippen LogP contribution in [0.25, 0.3) is 10.9 Å². The number of nitrogens with one attached hydrogen (secondary N) is 3.